The molecule has 27 heavy (non-hydrogen) atoms. The molecule has 2 aromatic rings. The summed E-state index contributed by atoms with van der Waals surface area (Å²) in [7, 11) is -3.41. The van der Waals surface area contributed by atoms with Gasteiger partial charge >= 0.3 is 0 Å². The van der Waals surface area contributed by atoms with Crippen molar-refractivity contribution in [1.82, 2.24) is 0 Å². The quantitative estimate of drug-likeness (QED) is 0.793. The highest BCUT2D eigenvalue weighted by molar-refractivity contribution is 7.90. The summed E-state index contributed by atoms with van der Waals surface area (Å²) in [6.45, 7) is 2.02. The van der Waals surface area contributed by atoms with Crippen LogP contribution in [0.25, 0.3) is 0 Å². The molecule has 0 bridgehead atoms. The highest BCUT2D eigenvalue weighted by Crippen LogP contribution is 2.38. The molecule has 1 aliphatic carbocycles. The molecule has 0 radical (unpaired) electrons. The number of sulfone groups is 1. The molecule has 0 spiro atoms. The zero-order valence-electron chi connectivity index (χ0n) is 14.8. The van der Waals surface area contributed by atoms with Crippen LogP contribution in [-0.4, -0.2) is 26.5 Å². The van der Waals surface area contributed by atoms with Gasteiger partial charge in [0, 0.05) is 23.4 Å². The van der Waals surface area contributed by atoms with Crippen molar-refractivity contribution in [3.63, 3.8) is 0 Å². The van der Waals surface area contributed by atoms with Crippen LogP contribution < -0.4 is 10.6 Å². The monoisotopic (exact) mass is 406 g/mol. The lowest BCUT2D eigenvalue weighted by atomic mass is 10.2. The second kappa shape index (κ2) is 7.32. The van der Waals surface area contributed by atoms with Gasteiger partial charge in [-0.05, 0) is 48.7 Å². The van der Waals surface area contributed by atoms with Gasteiger partial charge in [0.1, 0.15) is 0 Å². The second-order valence-corrected chi connectivity index (χ2v) is 9.18. The Morgan fingerprint density at radius 1 is 1.11 bits per heavy atom. The summed E-state index contributed by atoms with van der Waals surface area (Å²) in [5, 5.41) is 5.73. The molecule has 0 aromatic heterocycles. The van der Waals surface area contributed by atoms with Crippen LogP contribution >= 0.6 is 11.6 Å². The molecule has 6 nitrogen and oxygen atoms in total. The van der Waals surface area contributed by atoms with Crippen LogP contribution in [0.3, 0.4) is 0 Å². The van der Waals surface area contributed by atoms with Crippen molar-refractivity contribution in [3.05, 3.63) is 53.1 Å². The van der Waals surface area contributed by atoms with Crippen LogP contribution in [0.1, 0.15) is 23.7 Å². The normalized spacial score (nSPS) is 18.6. The number of carbonyl (C=O) groups excluding carboxylic acids is 2. The molecule has 0 unspecified atom stereocenters. The Kier molecular flexibility index (Phi) is 5.26. The summed E-state index contributed by atoms with van der Waals surface area (Å²) in [6, 6.07) is 10.6. The summed E-state index contributed by atoms with van der Waals surface area (Å²) < 4.78 is 23.3. The fourth-order valence-corrected chi connectivity index (χ4v) is 3.57. The molecule has 0 saturated heterocycles. The van der Waals surface area contributed by atoms with Crippen LogP contribution in [-0.2, 0) is 14.6 Å². The van der Waals surface area contributed by atoms with Crippen LogP contribution in [0.2, 0.25) is 5.02 Å². The van der Waals surface area contributed by atoms with E-state index < -0.39 is 15.7 Å². The van der Waals surface area contributed by atoms with Gasteiger partial charge < -0.3 is 10.6 Å². The topological polar surface area (TPSA) is 92.3 Å². The molecule has 1 saturated carbocycles. The minimum absolute atomic E-state index is 0.0343. The van der Waals surface area contributed by atoms with Gasteiger partial charge in [0.15, 0.2) is 9.84 Å². The molecule has 2 amide bonds. The fourth-order valence-electron chi connectivity index (χ4n) is 2.68. The van der Waals surface area contributed by atoms with E-state index in [0.29, 0.717) is 17.3 Å². The summed E-state index contributed by atoms with van der Waals surface area (Å²) in [5.74, 6) is -0.0639. The van der Waals surface area contributed by atoms with Gasteiger partial charge in [-0.15, -0.1) is 0 Å². The minimum Gasteiger partial charge on any atom is -0.326 e. The Morgan fingerprint density at radius 2 is 1.81 bits per heavy atom. The number of rotatable bonds is 5. The molecule has 2 N–H and O–H groups in total. The second-order valence-electron chi connectivity index (χ2n) is 6.76. The van der Waals surface area contributed by atoms with E-state index in [1.54, 1.807) is 18.2 Å². The maximum atomic E-state index is 12.4. The van der Waals surface area contributed by atoms with E-state index in [0.717, 1.165) is 12.7 Å². The maximum Gasteiger partial charge on any atom is 0.255 e. The van der Waals surface area contributed by atoms with Crippen LogP contribution in [0, 0.1) is 11.8 Å². The SMILES string of the molecule is C[C@@H]1C[C@@H]1C(=O)Nc1ccc(NC(=O)c2cccc(S(C)(=O)=O)c2)c(Cl)c1. The van der Waals surface area contributed by atoms with E-state index in [1.165, 1.54) is 24.3 Å². The molecule has 142 valence electrons. The largest absolute Gasteiger partial charge is 0.326 e. The van der Waals surface area contributed by atoms with Gasteiger partial charge in [-0.2, -0.15) is 0 Å². The number of anilines is 2. The molecule has 0 heterocycles. The lowest BCUT2D eigenvalue weighted by Crippen LogP contribution is -2.15. The van der Waals surface area contributed by atoms with Crippen molar-refractivity contribution in [2.75, 3.05) is 16.9 Å². The lowest BCUT2D eigenvalue weighted by molar-refractivity contribution is -0.117. The van der Waals surface area contributed by atoms with E-state index in [1.807, 2.05) is 6.92 Å². The van der Waals surface area contributed by atoms with Gasteiger partial charge in [-0.25, -0.2) is 8.42 Å². The number of hydrogen-bond acceptors (Lipinski definition) is 4. The molecule has 1 fully saturated rings. The molecule has 8 heteroatoms. The maximum absolute atomic E-state index is 12.4. The first-order valence-electron chi connectivity index (χ1n) is 8.37. The summed E-state index contributed by atoms with van der Waals surface area (Å²) in [4.78, 5) is 24.5. The Bertz CT molecular complexity index is 1020. The average molecular weight is 407 g/mol. The summed E-state index contributed by atoms with van der Waals surface area (Å²) >= 11 is 6.21. The first-order chi connectivity index (χ1) is 12.6. The van der Waals surface area contributed by atoms with Crippen LogP contribution in [0.4, 0.5) is 11.4 Å². The van der Waals surface area contributed by atoms with Crippen molar-refractivity contribution < 1.29 is 18.0 Å². The number of hydrogen-bond donors (Lipinski definition) is 2. The third kappa shape index (κ3) is 4.67. The van der Waals surface area contributed by atoms with E-state index in [2.05, 4.69) is 10.6 Å². The van der Waals surface area contributed by atoms with Crippen LogP contribution in [0.5, 0.6) is 0 Å². The van der Waals surface area contributed by atoms with E-state index >= 15 is 0 Å². The van der Waals surface area contributed by atoms with Crippen molar-refractivity contribution in [2.24, 2.45) is 11.8 Å². The molecule has 2 atom stereocenters. The minimum atomic E-state index is -3.41. The molecular formula is C19H19ClN2O4S. The average Bonchev–Trinajstić information content (AvgIpc) is 3.33. The van der Waals surface area contributed by atoms with Gasteiger partial charge in [0.25, 0.3) is 5.91 Å². The summed E-state index contributed by atoms with van der Waals surface area (Å²) in [5.41, 5.74) is 1.12. The van der Waals surface area contributed by atoms with Crippen molar-refractivity contribution in [3.8, 4) is 0 Å². The van der Waals surface area contributed by atoms with E-state index in [4.69, 9.17) is 11.6 Å². The number of halogens is 1. The lowest BCUT2D eigenvalue weighted by Gasteiger charge is -2.11. The van der Waals surface area contributed by atoms with Crippen molar-refractivity contribution >= 4 is 44.6 Å². The Labute approximate surface area is 162 Å². The zero-order chi connectivity index (χ0) is 19.8. The van der Waals surface area contributed by atoms with Crippen molar-refractivity contribution in [1.29, 1.82) is 0 Å². The molecule has 0 aliphatic heterocycles. The number of amides is 2. The van der Waals surface area contributed by atoms with Crippen LogP contribution in [0.15, 0.2) is 47.4 Å². The molecule has 1 aliphatic rings. The summed E-state index contributed by atoms with van der Waals surface area (Å²) in [6.07, 6.45) is 1.97. The Hall–Kier alpha value is -2.38. The number of carbonyl (C=O) groups is 2. The van der Waals surface area contributed by atoms with E-state index in [9.17, 15) is 18.0 Å². The number of benzene rings is 2. The van der Waals surface area contributed by atoms with Gasteiger partial charge in [-0.3, -0.25) is 9.59 Å². The number of nitrogens with one attached hydrogen (secondary N) is 2. The highest BCUT2D eigenvalue weighted by Gasteiger charge is 2.39. The fraction of sp³-hybridized carbons (Fsp3) is 0.263. The first kappa shape index (κ1) is 19.4. The Morgan fingerprint density at radius 3 is 2.41 bits per heavy atom. The molecule has 3 rings (SSSR count). The van der Waals surface area contributed by atoms with Gasteiger partial charge in [0.2, 0.25) is 5.91 Å². The predicted molar refractivity (Wildman–Crippen MR) is 105 cm³/mol. The predicted octanol–water partition coefficient (Wildman–Crippen LogP) is 3.59. The standard InChI is InChI=1S/C19H19ClN2O4S/c1-11-8-15(11)19(24)21-13-6-7-17(16(20)10-13)22-18(23)12-4-3-5-14(9-12)27(2,25)26/h3-7,9-11,15H,8H2,1-2H3,(H,21,24)(H,22,23)/t11-,15+/m1/s1. The third-order valence-electron chi connectivity index (χ3n) is 4.46. The zero-order valence-corrected chi connectivity index (χ0v) is 16.4. The van der Waals surface area contributed by atoms with Gasteiger partial charge in [-0.1, -0.05) is 24.6 Å². The smallest absolute Gasteiger partial charge is 0.255 e. The molecule has 2 aromatic carbocycles. The Balaban J connectivity index is 1.72. The first-order valence-corrected chi connectivity index (χ1v) is 10.6. The third-order valence-corrected chi connectivity index (χ3v) is 5.88. The van der Waals surface area contributed by atoms with E-state index in [-0.39, 0.29) is 27.3 Å². The highest BCUT2D eigenvalue weighted by atomic mass is 35.5. The van der Waals surface area contributed by atoms with Crippen molar-refractivity contribution in [2.45, 2.75) is 18.2 Å². The van der Waals surface area contributed by atoms with Gasteiger partial charge in [0.05, 0.1) is 15.6 Å². The molecular weight excluding hydrogens is 388 g/mol.